The molecule has 0 spiro atoms. The Labute approximate surface area is 178 Å². The van der Waals surface area contributed by atoms with Crippen molar-refractivity contribution in [2.45, 2.75) is 30.6 Å². The zero-order valence-electron chi connectivity index (χ0n) is 17.2. The number of carbonyl (C=O) groups excluding carboxylic acids is 1. The van der Waals surface area contributed by atoms with E-state index in [0.717, 1.165) is 25.7 Å². The first-order chi connectivity index (χ1) is 13.7. The zero-order valence-corrected chi connectivity index (χ0v) is 18.7. The van der Waals surface area contributed by atoms with Gasteiger partial charge in [-0.1, -0.05) is 30.5 Å². The molecular weight excluding hydrogens is 414 g/mol. The van der Waals surface area contributed by atoms with Gasteiger partial charge < -0.3 is 15.5 Å². The van der Waals surface area contributed by atoms with Crippen molar-refractivity contribution in [2.24, 2.45) is 10.4 Å². The Morgan fingerprint density at radius 1 is 1.21 bits per heavy atom. The molecule has 1 aliphatic carbocycles. The van der Waals surface area contributed by atoms with Crippen LogP contribution in [0.4, 0.5) is 0 Å². The number of sulfonamides is 1. The average molecular weight is 444 g/mol. The van der Waals surface area contributed by atoms with Crippen LogP contribution in [0.3, 0.4) is 0 Å². The minimum atomic E-state index is -3.63. The minimum Gasteiger partial charge on any atom is -0.355 e. The van der Waals surface area contributed by atoms with Crippen molar-refractivity contribution in [3.8, 4) is 0 Å². The molecule has 0 heterocycles. The highest BCUT2D eigenvalue weighted by molar-refractivity contribution is 7.89. The lowest BCUT2D eigenvalue weighted by molar-refractivity contribution is -0.138. The fraction of sp³-hybridized carbons (Fsp3) is 0.579. The minimum absolute atomic E-state index is 0.123. The third-order valence-electron chi connectivity index (χ3n) is 5.05. The van der Waals surface area contributed by atoms with Crippen molar-refractivity contribution in [3.05, 3.63) is 29.3 Å². The lowest BCUT2D eigenvalue weighted by Crippen LogP contribution is -2.50. The van der Waals surface area contributed by atoms with Gasteiger partial charge in [0.1, 0.15) is 0 Å². The molecule has 0 radical (unpaired) electrons. The number of halogens is 1. The smallest absolute Gasteiger partial charge is 0.240 e. The molecule has 1 aromatic rings. The van der Waals surface area contributed by atoms with Crippen molar-refractivity contribution in [1.82, 2.24) is 20.3 Å². The van der Waals surface area contributed by atoms with E-state index in [1.54, 1.807) is 38.2 Å². The number of carbonyl (C=O) groups is 1. The highest BCUT2D eigenvalue weighted by Gasteiger charge is 2.42. The van der Waals surface area contributed by atoms with Gasteiger partial charge in [-0.05, 0) is 31.0 Å². The topological polar surface area (TPSA) is 103 Å². The molecule has 10 heteroatoms. The summed E-state index contributed by atoms with van der Waals surface area (Å²) in [4.78, 5) is 18.6. The number of rotatable bonds is 8. The first-order valence-corrected chi connectivity index (χ1v) is 11.5. The Morgan fingerprint density at radius 2 is 1.90 bits per heavy atom. The van der Waals surface area contributed by atoms with Gasteiger partial charge in [0.05, 0.1) is 10.3 Å². The monoisotopic (exact) mass is 443 g/mol. The average Bonchev–Trinajstić information content (AvgIpc) is 3.16. The number of aliphatic imine (C=N–C) groups is 1. The molecule has 0 atom stereocenters. The maximum atomic E-state index is 12.6. The molecule has 0 aromatic heterocycles. The molecule has 162 valence electrons. The number of nitrogens with one attached hydrogen (secondary N) is 3. The van der Waals surface area contributed by atoms with E-state index in [4.69, 9.17) is 11.6 Å². The summed E-state index contributed by atoms with van der Waals surface area (Å²) >= 11 is 5.86. The molecule has 2 rings (SSSR count). The molecule has 1 aliphatic rings. The summed E-state index contributed by atoms with van der Waals surface area (Å²) in [6, 6.07) is 6.11. The summed E-state index contributed by atoms with van der Waals surface area (Å²) in [5.41, 5.74) is -0.407. The molecule has 1 saturated carbocycles. The normalized spacial score (nSPS) is 16.5. The second-order valence-electron chi connectivity index (χ2n) is 7.39. The molecular formula is C19H30ClN5O3S. The third kappa shape index (κ3) is 6.32. The maximum absolute atomic E-state index is 12.6. The summed E-state index contributed by atoms with van der Waals surface area (Å²) < 4.78 is 27.1. The predicted molar refractivity (Wildman–Crippen MR) is 116 cm³/mol. The molecule has 1 amide bonds. The van der Waals surface area contributed by atoms with Crippen LogP contribution in [0.2, 0.25) is 5.02 Å². The van der Waals surface area contributed by atoms with Crippen molar-refractivity contribution >= 4 is 33.5 Å². The van der Waals surface area contributed by atoms with E-state index < -0.39 is 15.4 Å². The van der Waals surface area contributed by atoms with Crippen molar-refractivity contribution in [2.75, 3.05) is 40.8 Å². The van der Waals surface area contributed by atoms with Gasteiger partial charge in [0.15, 0.2) is 5.96 Å². The van der Waals surface area contributed by atoms with Crippen LogP contribution in [0, 0.1) is 5.41 Å². The number of benzene rings is 1. The van der Waals surface area contributed by atoms with Crippen molar-refractivity contribution < 1.29 is 13.2 Å². The lowest BCUT2D eigenvalue weighted by Gasteiger charge is -2.31. The maximum Gasteiger partial charge on any atom is 0.240 e. The van der Waals surface area contributed by atoms with Gasteiger partial charge in [0.2, 0.25) is 15.9 Å². The number of hydrogen-bond donors (Lipinski definition) is 3. The van der Waals surface area contributed by atoms with Crippen LogP contribution in [-0.4, -0.2) is 66.0 Å². The molecule has 1 aromatic carbocycles. The van der Waals surface area contributed by atoms with Gasteiger partial charge in [-0.3, -0.25) is 9.79 Å². The van der Waals surface area contributed by atoms with Crippen LogP contribution in [0.15, 0.2) is 34.2 Å². The molecule has 8 nitrogen and oxygen atoms in total. The van der Waals surface area contributed by atoms with Crippen LogP contribution in [0.1, 0.15) is 25.7 Å². The molecule has 0 unspecified atom stereocenters. The lowest BCUT2D eigenvalue weighted by atomic mass is 9.84. The first kappa shape index (κ1) is 23.4. The molecule has 0 saturated heterocycles. The summed E-state index contributed by atoms with van der Waals surface area (Å²) in [5, 5.41) is 6.66. The fourth-order valence-electron chi connectivity index (χ4n) is 3.55. The van der Waals surface area contributed by atoms with E-state index in [0.29, 0.717) is 24.1 Å². The summed E-state index contributed by atoms with van der Waals surface area (Å²) in [7, 11) is 1.57. The van der Waals surface area contributed by atoms with Crippen LogP contribution in [0.5, 0.6) is 0 Å². The van der Waals surface area contributed by atoms with Gasteiger partial charge in [-0.25, -0.2) is 13.1 Å². The van der Waals surface area contributed by atoms with E-state index in [1.807, 2.05) is 0 Å². The standard InChI is InChI=1S/C19H30ClN5O3S/c1-21-18(23-14-19(9-4-5-10-19)17(26)25(2)3)22-11-12-24-29(27,28)16-8-6-7-15(20)13-16/h6-8,13,24H,4-5,9-12,14H2,1-3H3,(H2,21,22,23). The SMILES string of the molecule is CN=C(NCCNS(=O)(=O)c1cccc(Cl)c1)NCC1(C(=O)N(C)C)CCCC1. The molecule has 3 N–H and O–H groups in total. The quantitative estimate of drug-likeness (QED) is 0.320. The van der Waals surface area contributed by atoms with Crippen LogP contribution >= 0.6 is 11.6 Å². The van der Waals surface area contributed by atoms with E-state index in [2.05, 4.69) is 20.3 Å². The molecule has 0 bridgehead atoms. The first-order valence-electron chi connectivity index (χ1n) is 9.62. The number of amides is 1. The highest BCUT2D eigenvalue weighted by atomic mass is 35.5. The Kier molecular flexibility index (Phi) is 8.30. The van der Waals surface area contributed by atoms with Gasteiger partial charge in [-0.15, -0.1) is 0 Å². The number of nitrogens with zero attached hydrogens (tertiary/aromatic N) is 2. The molecule has 0 aliphatic heterocycles. The van der Waals surface area contributed by atoms with Gasteiger partial charge >= 0.3 is 0 Å². The second-order valence-corrected chi connectivity index (χ2v) is 9.60. The Morgan fingerprint density at radius 3 is 2.48 bits per heavy atom. The molecule has 29 heavy (non-hydrogen) atoms. The predicted octanol–water partition coefficient (Wildman–Crippen LogP) is 1.43. The number of hydrogen-bond acceptors (Lipinski definition) is 4. The Balaban J connectivity index is 1.84. The third-order valence-corrected chi connectivity index (χ3v) is 6.75. The van der Waals surface area contributed by atoms with Gasteiger partial charge in [-0.2, -0.15) is 0 Å². The van der Waals surface area contributed by atoms with Gasteiger partial charge in [0, 0.05) is 45.8 Å². The number of guanidine groups is 1. The van der Waals surface area contributed by atoms with Crippen LogP contribution in [0.25, 0.3) is 0 Å². The van der Waals surface area contributed by atoms with Crippen LogP contribution < -0.4 is 15.4 Å². The highest BCUT2D eigenvalue weighted by Crippen LogP contribution is 2.38. The summed E-state index contributed by atoms with van der Waals surface area (Å²) in [6.07, 6.45) is 3.79. The van der Waals surface area contributed by atoms with E-state index >= 15 is 0 Å². The van der Waals surface area contributed by atoms with E-state index in [1.165, 1.54) is 12.1 Å². The largest absolute Gasteiger partial charge is 0.355 e. The van der Waals surface area contributed by atoms with Crippen molar-refractivity contribution in [3.63, 3.8) is 0 Å². The fourth-order valence-corrected chi connectivity index (χ4v) is 4.88. The summed E-state index contributed by atoms with van der Waals surface area (Å²) in [6.45, 7) is 1.02. The second kappa shape index (κ2) is 10.3. The Bertz CT molecular complexity index is 836. The summed E-state index contributed by atoms with van der Waals surface area (Å²) in [5.74, 6) is 0.664. The Hall–Kier alpha value is -1.84. The zero-order chi connectivity index (χ0) is 21.5. The van der Waals surface area contributed by atoms with Crippen molar-refractivity contribution in [1.29, 1.82) is 0 Å². The van der Waals surface area contributed by atoms with Crippen LogP contribution in [-0.2, 0) is 14.8 Å². The van der Waals surface area contributed by atoms with E-state index in [-0.39, 0.29) is 17.3 Å². The molecule has 1 fully saturated rings. The van der Waals surface area contributed by atoms with Gasteiger partial charge in [0.25, 0.3) is 0 Å². The van der Waals surface area contributed by atoms with E-state index in [9.17, 15) is 13.2 Å².